The molecule has 29 heavy (non-hydrogen) atoms. The van der Waals surface area contributed by atoms with E-state index in [1.807, 2.05) is 6.20 Å². The van der Waals surface area contributed by atoms with Crippen molar-refractivity contribution in [2.24, 2.45) is 0 Å². The lowest BCUT2D eigenvalue weighted by molar-refractivity contribution is 0.122. The summed E-state index contributed by atoms with van der Waals surface area (Å²) >= 11 is 0. The maximum Gasteiger partial charge on any atom is 0.134 e. The van der Waals surface area contributed by atoms with E-state index in [4.69, 9.17) is 4.74 Å². The predicted molar refractivity (Wildman–Crippen MR) is 116 cm³/mol. The molecular formula is C22H26N6O. The first-order chi connectivity index (χ1) is 14.3. The molecule has 2 aliphatic rings. The Labute approximate surface area is 170 Å². The second-order valence-electron chi connectivity index (χ2n) is 7.61. The maximum atomic E-state index is 5.45. The number of ether oxygens (including phenoxy) is 1. The van der Waals surface area contributed by atoms with E-state index in [1.165, 1.54) is 16.6 Å². The van der Waals surface area contributed by atoms with E-state index in [1.54, 1.807) is 6.33 Å². The fourth-order valence-corrected chi connectivity index (χ4v) is 4.24. The van der Waals surface area contributed by atoms with Gasteiger partial charge in [-0.3, -0.25) is 4.98 Å². The molecular weight excluding hydrogens is 364 g/mol. The molecule has 3 aromatic rings. The lowest BCUT2D eigenvalue weighted by Gasteiger charge is -2.37. The molecule has 0 spiro atoms. The van der Waals surface area contributed by atoms with E-state index in [-0.39, 0.29) is 0 Å². The zero-order valence-corrected chi connectivity index (χ0v) is 16.8. The quantitative estimate of drug-likeness (QED) is 0.681. The lowest BCUT2D eigenvalue weighted by atomic mass is 10.1. The van der Waals surface area contributed by atoms with Crippen LogP contribution in [-0.2, 0) is 4.74 Å². The lowest BCUT2D eigenvalue weighted by Crippen LogP contribution is -2.47. The Morgan fingerprint density at radius 1 is 0.793 bits per heavy atom. The van der Waals surface area contributed by atoms with E-state index < -0.39 is 0 Å². The molecule has 2 aromatic heterocycles. The Morgan fingerprint density at radius 2 is 1.48 bits per heavy atom. The van der Waals surface area contributed by atoms with Crippen molar-refractivity contribution in [3.05, 3.63) is 48.4 Å². The van der Waals surface area contributed by atoms with Crippen LogP contribution in [0.5, 0.6) is 0 Å². The Kier molecular flexibility index (Phi) is 4.89. The number of morpholine rings is 1. The number of hydrogen-bond acceptors (Lipinski definition) is 7. The van der Waals surface area contributed by atoms with E-state index in [9.17, 15) is 0 Å². The number of fused-ring (bicyclic) bond motifs is 1. The van der Waals surface area contributed by atoms with Crippen LogP contribution in [0.2, 0.25) is 0 Å². The van der Waals surface area contributed by atoms with E-state index in [2.05, 4.69) is 66.9 Å². The number of piperazine rings is 1. The van der Waals surface area contributed by atoms with Gasteiger partial charge in [0.1, 0.15) is 18.0 Å². The van der Waals surface area contributed by atoms with Crippen LogP contribution in [0, 0.1) is 6.92 Å². The zero-order valence-electron chi connectivity index (χ0n) is 16.8. The molecule has 4 heterocycles. The molecule has 0 bridgehead atoms. The van der Waals surface area contributed by atoms with Gasteiger partial charge in [0.25, 0.3) is 0 Å². The summed E-state index contributed by atoms with van der Waals surface area (Å²) in [5.74, 6) is 2.01. The Morgan fingerprint density at radius 3 is 2.24 bits per heavy atom. The molecule has 7 heteroatoms. The van der Waals surface area contributed by atoms with Gasteiger partial charge >= 0.3 is 0 Å². The van der Waals surface area contributed by atoms with Crippen molar-refractivity contribution in [3.8, 4) is 0 Å². The number of hydrogen-bond donors (Lipinski definition) is 0. The van der Waals surface area contributed by atoms with Crippen molar-refractivity contribution < 1.29 is 4.74 Å². The van der Waals surface area contributed by atoms with Gasteiger partial charge in [0, 0.05) is 62.6 Å². The van der Waals surface area contributed by atoms with Gasteiger partial charge < -0.3 is 19.4 Å². The normalized spacial score (nSPS) is 17.8. The summed E-state index contributed by atoms with van der Waals surface area (Å²) in [4.78, 5) is 20.7. The third-order valence-electron chi connectivity index (χ3n) is 5.87. The standard InChI is InChI=1S/C22H26N6O/c1-17-3-2-4-18-19(5-6-23-22(17)18)26-7-9-27(10-8-26)20-15-21(25-16-24-20)28-11-13-29-14-12-28/h2-6,15-16H,7-14H2,1H3. The average Bonchev–Trinajstić information content (AvgIpc) is 2.80. The van der Waals surface area contributed by atoms with Crippen LogP contribution in [0.15, 0.2) is 42.9 Å². The van der Waals surface area contributed by atoms with Gasteiger partial charge in [0.05, 0.1) is 18.7 Å². The highest BCUT2D eigenvalue weighted by Crippen LogP contribution is 2.28. The number of anilines is 3. The van der Waals surface area contributed by atoms with Crippen molar-refractivity contribution in [1.82, 2.24) is 15.0 Å². The number of aromatic nitrogens is 3. The third kappa shape index (κ3) is 3.58. The molecule has 1 aromatic carbocycles. The molecule has 150 valence electrons. The van der Waals surface area contributed by atoms with Crippen molar-refractivity contribution in [3.63, 3.8) is 0 Å². The highest BCUT2D eigenvalue weighted by atomic mass is 16.5. The number of benzene rings is 1. The summed E-state index contributed by atoms with van der Waals surface area (Å²) < 4.78 is 5.45. The van der Waals surface area contributed by atoms with E-state index in [0.29, 0.717) is 0 Å². The third-order valence-corrected chi connectivity index (χ3v) is 5.87. The zero-order chi connectivity index (χ0) is 19.6. The number of para-hydroxylation sites is 1. The summed E-state index contributed by atoms with van der Waals surface area (Å²) in [6.45, 7) is 9.22. The number of aryl methyl sites for hydroxylation is 1. The van der Waals surface area contributed by atoms with Gasteiger partial charge in [-0.05, 0) is 18.6 Å². The Balaban J connectivity index is 1.32. The monoisotopic (exact) mass is 390 g/mol. The second kappa shape index (κ2) is 7.83. The molecule has 2 saturated heterocycles. The number of pyridine rings is 1. The molecule has 0 atom stereocenters. The molecule has 5 rings (SSSR count). The van der Waals surface area contributed by atoms with Crippen LogP contribution in [0.4, 0.5) is 17.3 Å². The SMILES string of the molecule is Cc1cccc2c(N3CCN(c4cc(N5CCOCC5)ncn4)CC3)ccnc12. The van der Waals surface area contributed by atoms with E-state index in [0.717, 1.165) is 69.6 Å². The van der Waals surface area contributed by atoms with Crippen LogP contribution < -0.4 is 14.7 Å². The van der Waals surface area contributed by atoms with Crippen molar-refractivity contribution in [2.45, 2.75) is 6.92 Å². The second-order valence-corrected chi connectivity index (χ2v) is 7.61. The molecule has 0 saturated carbocycles. The minimum Gasteiger partial charge on any atom is -0.378 e. The number of rotatable bonds is 3. The van der Waals surface area contributed by atoms with Gasteiger partial charge in [-0.25, -0.2) is 9.97 Å². The molecule has 0 aliphatic carbocycles. The summed E-state index contributed by atoms with van der Waals surface area (Å²) in [5, 5.41) is 1.23. The fourth-order valence-electron chi connectivity index (χ4n) is 4.24. The summed E-state index contributed by atoms with van der Waals surface area (Å²) in [6.07, 6.45) is 3.61. The Hall–Kier alpha value is -2.93. The van der Waals surface area contributed by atoms with Crippen LogP contribution in [0.3, 0.4) is 0 Å². The largest absolute Gasteiger partial charge is 0.378 e. The first-order valence-electron chi connectivity index (χ1n) is 10.3. The highest BCUT2D eigenvalue weighted by molar-refractivity contribution is 5.93. The van der Waals surface area contributed by atoms with Crippen molar-refractivity contribution >= 4 is 28.2 Å². The first kappa shape index (κ1) is 18.1. The Bertz CT molecular complexity index is 996. The minimum absolute atomic E-state index is 0.761. The summed E-state index contributed by atoms with van der Waals surface area (Å²) in [6, 6.07) is 10.7. The number of nitrogens with zero attached hydrogens (tertiary/aromatic N) is 6. The maximum absolute atomic E-state index is 5.45. The summed E-state index contributed by atoms with van der Waals surface area (Å²) in [7, 11) is 0. The molecule has 7 nitrogen and oxygen atoms in total. The van der Waals surface area contributed by atoms with E-state index >= 15 is 0 Å². The van der Waals surface area contributed by atoms with Crippen LogP contribution in [0.25, 0.3) is 10.9 Å². The molecule has 2 aliphatic heterocycles. The topological polar surface area (TPSA) is 57.6 Å². The van der Waals surface area contributed by atoms with Gasteiger partial charge in [0.2, 0.25) is 0 Å². The highest BCUT2D eigenvalue weighted by Gasteiger charge is 2.21. The average molecular weight is 390 g/mol. The summed E-state index contributed by atoms with van der Waals surface area (Å²) in [5.41, 5.74) is 3.59. The molecule has 0 N–H and O–H groups in total. The van der Waals surface area contributed by atoms with Crippen molar-refractivity contribution in [1.29, 1.82) is 0 Å². The minimum atomic E-state index is 0.761. The fraction of sp³-hybridized carbons (Fsp3) is 0.409. The van der Waals surface area contributed by atoms with Gasteiger partial charge in [-0.1, -0.05) is 18.2 Å². The van der Waals surface area contributed by atoms with Crippen LogP contribution in [-0.4, -0.2) is 67.4 Å². The van der Waals surface area contributed by atoms with Gasteiger partial charge in [-0.15, -0.1) is 0 Å². The van der Waals surface area contributed by atoms with Gasteiger partial charge in [-0.2, -0.15) is 0 Å². The molecule has 2 fully saturated rings. The first-order valence-corrected chi connectivity index (χ1v) is 10.3. The van der Waals surface area contributed by atoms with Crippen LogP contribution >= 0.6 is 0 Å². The predicted octanol–water partition coefficient (Wildman–Crippen LogP) is 2.50. The molecule has 0 unspecified atom stereocenters. The smallest absolute Gasteiger partial charge is 0.134 e. The van der Waals surface area contributed by atoms with Crippen molar-refractivity contribution in [2.75, 3.05) is 67.2 Å². The van der Waals surface area contributed by atoms with Crippen LogP contribution in [0.1, 0.15) is 5.56 Å². The molecule has 0 radical (unpaired) electrons. The molecule has 0 amide bonds. The van der Waals surface area contributed by atoms with Gasteiger partial charge in [0.15, 0.2) is 0 Å².